The van der Waals surface area contributed by atoms with E-state index in [2.05, 4.69) is 0 Å². The molecule has 92 valence electrons. The van der Waals surface area contributed by atoms with E-state index >= 15 is 0 Å². The highest BCUT2D eigenvalue weighted by Crippen LogP contribution is 2.24. The third-order valence-corrected chi connectivity index (χ3v) is 2.48. The number of nitro benzene ring substituents is 1. The second-order valence-corrected chi connectivity index (χ2v) is 4.04. The van der Waals surface area contributed by atoms with E-state index in [1.165, 1.54) is 13.0 Å². The van der Waals surface area contributed by atoms with Crippen molar-refractivity contribution in [1.82, 2.24) is 0 Å². The number of rotatable bonds is 4. The van der Waals surface area contributed by atoms with Crippen LogP contribution in [-0.4, -0.2) is 16.5 Å². The first-order chi connectivity index (χ1) is 7.91. The summed E-state index contributed by atoms with van der Waals surface area (Å²) in [6.07, 6.45) is 0.115. The standard InChI is InChI=1S/C11H12ClNO4/c1-7-4-3-5-10(13(15)16)9(7)6-11(12)17-8(2)14/h3-5,11H,6H2,1-2H3. The molecule has 0 saturated carbocycles. The summed E-state index contributed by atoms with van der Waals surface area (Å²) in [6.45, 7) is 2.99. The summed E-state index contributed by atoms with van der Waals surface area (Å²) in [6, 6.07) is 4.76. The topological polar surface area (TPSA) is 69.4 Å². The molecule has 0 bridgehead atoms. The number of hydrogen-bond acceptors (Lipinski definition) is 4. The van der Waals surface area contributed by atoms with Crippen molar-refractivity contribution in [1.29, 1.82) is 0 Å². The van der Waals surface area contributed by atoms with Gasteiger partial charge in [-0.05, 0) is 12.5 Å². The van der Waals surface area contributed by atoms with E-state index in [4.69, 9.17) is 16.3 Å². The summed E-state index contributed by atoms with van der Waals surface area (Å²) in [5.74, 6) is -0.513. The number of carbonyl (C=O) groups excluding carboxylic acids is 1. The number of halogens is 1. The van der Waals surface area contributed by atoms with Crippen LogP contribution in [0.5, 0.6) is 0 Å². The van der Waals surface area contributed by atoms with Crippen LogP contribution in [0, 0.1) is 17.0 Å². The monoisotopic (exact) mass is 257 g/mol. The number of hydrogen-bond donors (Lipinski definition) is 0. The van der Waals surface area contributed by atoms with Gasteiger partial charge in [-0.25, -0.2) is 0 Å². The van der Waals surface area contributed by atoms with Crippen molar-refractivity contribution in [3.8, 4) is 0 Å². The predicted octanol–water partition coefficient (Wildman–Crippen LogP) is 2.57. The van der Waals surface area contributed by atoms with Gasteiger partial charge in [0.25, 0.3) is 5.69 Å². The number of aryl methyl sites for hydroxylation is 1. The number of carbonyl (C=O) groups is 1. The summed E-state index contributed by atoms with van der Waals surface area (Å²) in [4.78, 5) is 21.1. The Morgan fingerprint density at radius 3 is 2.76 bits per heavy atom. The zero-order chi connectivity index (χ0) is 13.0. The molecule has 0 radical (unpaired) electrons. The number of nitrogens with zero attached hydrogens (tertiary/aromatic N) is 1. The molecule has 6 heteroatoms. The number of ether oxygens (including phenoxy) is 1. The first-order valence-corrected chi connectivity index (χ1v) is 5.39. The second kappa shape index (κ2) is 5.63. The lowest BCUT2D eigenvalue weighted by atomic mass is 10.0. The summed E-state index contributed by atoms with van der Waals surface area (Å²) < 4.78 is 4.75. The second-order valence-electron chi connectivity index (χ2n) is 3.55. The molecule has 1 aromatic rings. The molecule has 1 aromatic carbocycles. The van der Waals surface area contributed by atoms with E-state index in [-0.39, 0.29) is 12.1 Å². The SMILES string of the molecule is CC(=O)OC(Cl)Cc1c(C)cccc1[N+](=O)[O-]. The third kappa shape index (κ3) is 3.71. The molecule has 17 heavy (non-hydrogen) atoms. The molecule has 0 aliphatic rings. The molecule has 0 fully saturated rings. The first-order valence-electron chi connectivity index (χ1n) is 4.96. The van der Waals surface area contributed by atoms with E-state index in [9.17, 15) is 14.9 Å². The molecule has 0 aromatic heterocycles. The number of esters is 1. The minimum atomic E-state index is -0.896. The molecule has 0 N–H and O–H groups in total. The largest absolute Gasteiger partial charge is 0.446 e. The van der Waals surface area contributed by atoms with Crippen LogP contribution in [0.2, 0.25) is 0 Å². The van der Waals surface area contributed by atoms with Gasteiger partial charge in [0.1, 0.15) is 0 Å². The third-order valence-electron chi connectivity index (χ3n) is 2.24. The van der Waals surface area contributed by atoms with Gasteiger partial charge in [-0.2, -0.15) is 0 Å². The van der Waals surface area contributed by atoms with Crippen LogP contribution in [-0.2, 0) is 16.0 Å². The lowest BCUT2D eigenvalue weighted by Gasteiger charge is -2.11. The van der Waals surface area contributed by atoms with E-state index < -0.39 is 16.5 Å². The summed E-state index contributed by atoms with van der Waals surface area (Å²) in [5, 5.41) is 10.8. The molecule has 1 rings (SSSR count). The molecule has 1 unspecified atom stereocenters. The van der Waals surface area contributed by atoms with E-state index in [1.54, 1.807) is 19.1 Å². The normalized spacial score (nSPS) is 11.9. The Morgan fingerprint density at radius 1 is 1.59 bits per heavy atom. The highest BCUT2D eigenvalue weighted by atomic mass is 35.5. The summed E-state index contributed by atoms with van der Waals surface area (Å²) in [5.41, 5.74) is 0.325. The van der Waals surface area contributed by atoms with Gasteiger partial charge in [0.05, 0.1) is 4.92 Å². The molecule has 1 atom stereocenters. The van der Waals surface area contributed by atoms with Gasteiger partial charge < -0.3 is 4.74 Å². The maximum atomic E-state index is 10.8. The van der Waals surface area contributed by atoms with Gasteiger partial charge in [-0.15, -0.1) is 0 Å². The highest BCUT2D eigenvalue weighted by molar-refractivity contribution is 6.20. The van der Waals surface area contributed by atoms with Crippen LogP contribution in [0.4, 0.5) is 5.69 Å². The lowest BCUT2D eigenvalue weighted by molar-refractivity contribution is -0.385. The van der Waals surface area contributed by atoms with Crippen LogP contribution < -0.4 is 0 Å². The Labute approximate surface area is 103 Å². The Balaban J connectivity index is 2.96. The summed E-state index contributed by atoms with van der Waals surface area (Å²) >= 11 is 5.79. The molecule has 5 nitrogen and oxygen atoms in total. The fourth-order valence-electron chi connectivity index (χ4n) is 1.51. The average molecular weight is 258 g/mol. The van der Waals surface area contributed by atoms with Crippen LogP contribution in [0.25, 0.3) is 0 Å². The average Bonchev–Trinajstić information content (AvgIpc) is 2.19. The Bertz CT molecular complexity index is 447. The van der Waals surface area contributed by atoms with Crippen LogP contribution in [0.15, 0.2) is 18.2 Å². The Kier molecular flexibility index (Phi) is 4.45. The number of alkyl halides is 1. The van der Waals surface area contributed by atoms with Crippen molar-refractivity contribution in [2.24, 2.45) is 0 Å². The van der Waals surface area contributed by atoms with E-state index in [0.29, 0.717) is 5.56 Å². The zero-order valence-corrected chi connectivity index (χ0v) is 10.2. The smallest absolute Gasteiger partial charge is 0.304 e. The molecule has 0 spiro atoms. The molecule has 0 aliphatic heterocycles. The molecular formula is C11H12ClNO4. The highest BCUT2D eigenvalue weighted by Gasteiger charge is 2.19. The molecular weight excluding hydrogens is 246 g/mol. The lowest BCUT2D eigenvalue weighted by Crippen LogP contribution is -2.14. The van der Waals surface area contributed by atoms with Crippen molar-refractivity contribution in [3.05, 3.63) is 39.4 Å². The molecule has 0 amide bonds. The van der Waals surface area contributed by atoms with E-state index in [1.807, 2.05) is 0 Å². The fraction of sp³-hybridized carbons (Fsp3) is 0.364. The van der Waals surface area contributed by atoms with Gasteiger partial charge in [-0.1, -0.05) is 23.7 Å². The van der Waals surface area contributed by atoms with Crippen molar-refractivity contribution >= 4 is 23.3 Å². The molecule has 0 aliphatic carbocycles. The van der Waals surface area contributed by atoms with Crippen molar-refractivity contribution < 1.29 is 14.5 Å². The maximum Gasteiger partial charge on any atom is 0.304 e. The van der Waals surface area contributed by atoms with E-state index in [0.717, 1.165) is 5.56 Å². The van der Waals surface area contributed by atoms with Gasteiger partial charge >= 0.3 is 5.97 Å². The van der Waals surface area contributed by atoms with Gasteiger partial charge in [0, 0.05) is 25.0 Å². The Hall–Kier alpha value is -1.62. The van der Waals surface area contributed by atoms with Crippen molar-refractivity contribution in [3.63, 3.8) is 0 Å². The maximum absolute atomic E-state index is 10.8. The summed E-state index contributed by atoms with van der Waals surface area (Å²) in [7, 11) is 0. The van der Waals surface area contributed by atoms with Gasteiger partial charge in [0.2, 0.25) is 0 Å². The quantitative estimate of drug-likeness (QED) is 0.360. The molecule has 0 saturated heterocycles. The van der Waals surface area contributed by atoms with Crippen molar-refractivity contribution in [2.45, 2.75) is 25.8 Å². The van der Waals surface area contributed by atoms with Crippen molar-refractivity contribution in [2.75, 3.05) is 0 Å². The fourth-order valence-corrected chi connectivity index (χ4v) is 1.79. The Morgan fingerprint density at radius 2 is 2.24 bits per heavy atom. The van der Waals surface area contributed by atoms with Gasteiger partial charge in [0.15, 0.2) is 5.56 Å². The van der Waals surface area contributed by atoms with Crippen LogP contribution in [0.1, 0.15) is 18.1 Å². The van der Waals surface area contributed by atoms with Gasteiger partial charge in [-0.3, -0.25) is 14.9 Å². The first kappa shape index (κ1) is 13.4. The van der Waals surface area contributed by atoms with Crippen LogP contribution >= 0.6 is 11.6 Å². The number of benzene rings is 1. The molecule has 0 heterocycles. The minimum Gasteiger partial charge on any atom is -0.446 e. The van der Waals surface area contributed by atoms with Crippen LogP contribution in [0.3, 0.4) is 0 Å². The number of nitro groups is 1. The predicted molar refractivity (Wildman–Crippen MR) is 62.9 cm³/mol. The minimum absolute atomic E-state index is 0.0113. The zero-order valence-electron chi connectivity index (χ0n) is 9.47.